The SMILES string of the molecule is Cc1ccnc(N2CCCC(N(C)C)C2)c1C(N)=S. The Morgan fingerprint density at radius 1 is 1.53 bits per heavy atom. The molecular formula is C14H22N4S. The highest BCUT2D eigenvalue weighted by atomic mass is 32.1. The van der Waals surface area contributed by atoms with Gasteiger partial charge in [0.05, 0.1) is 5.56 Å². The minimum absolute atomic E-state index is 0.438. The summed E-state index contributed by atoms with van der Waals surface area (Å²) in [6.07, 6.45) is 4.25. The van der Waals surface area contributed by atoms with E-state index in [1.165, 1.54) is 12.8 Å². The fraction of sp³-hybridized carbons (Fsp3) is 0.571. The van der Waals surface area contributed by atoms with E-state index < -0.39 is 0 Å². The van der Waals surface area contributed by atoms with Crippen molar-refractivity contribution in [2.45, 2.75) is 25.8 Å². The van der Waals surface area contributed by atoms with Crippen LogP contribution in [0.15, 0.2) is 12.3 Å². The molecule has 1 aromatic heterocycles. The summed E-state index contributed by atoms with van der Waals surface area (Å²) in [7, 11) is 4.26. The van der Waals surface area contributed by atoms with Gasteiger partial charge in [-0.1, -0.05) is 12.2 Å². The molecule has 0 amide bonds. The van der Waals surface area contributed by atoms with Crippen LogP contribution in [0.2, 0.25) is 0 Å². The van der Waals surface area contributed by atoms with Gasteiger partial charge in [-0.2, -0.15) is 0 Å². The van der Waals surface area contributed by atoms with E-state index in [4.69, 9.17) is 18.0 Å². The quantitative estimate of drug-likeness (QED) is 0.850. The first-order chi connectivity index (χ1) is 9.00. The van der Waals surface area contributed by atoms with Crippen LogP contribution in [0.3, 0.4) is 0 Å². The first-order valence-electron chi connectivity index (χ1n) is 6.67. The fourth-order valence-corrected chi connectivity index (χ4v) is 2.91. The third kappa shape index (κ3) is 3.04. The summed E-state index contributed by atoms with van der Waals surface area (Å²) in [6, 6.07) is 2.53. The van der Waals surface area contributed by atoms with Crippen molar-refractivity contribution in [1.82, 2.24) is 9.88 Å². The van der Waals surface area contributed by atoms with Gasteiger partial charge in [0, 0.05) is 25.3 Å². The van der Waals surface area contributed by atoms with Crippen LogP contribution in [0.4, 0.5) is 5.82 Å². The van der Waals surface area contributed by atoms with Gasteiger partial charge >= 0.3 is 0 Å². The number of likely N-dealkylation sites (N-methyl/N-ethyl adjacent to an activating group) is 1. The van der Waals surface area contributed by atoms with Crippen molar-refractivity contribution in [3.05, 3.63) is 23.4 Å². The Labute approximate surface area is 120 Å². The second-order valence-electron chi connectivity index (χ2n) is 5.40. The van der Waals surface area contributed by atoms with Gasteiger partial charge in [-0.25, -0.2) is 4.98 Å². The largest absolute Gasteiger partial charge is 0.389 e. The molecule has 1 aromatic rings. The van der Waals surface area contributed by atoms with Crippen molar-refractivity contribution in [2.24, 2.45) is 5.73 Å². The Hall–Kier alpha value is -1.20. The second kappa shape index (κ2) is 5.84. The van der Waals surface area contributed by atoms with Crippen LogP contribution in [0.1, 0.15) is 24.0 Å². The van der Waals surface area contributed by atoms with Crippen LogP contribution in [0.25, 0.3) is 0 Å². The van der Waals surface area contributed by atoms with Crippen LogP contribution in [-0.4, -0.2) is 48.1 Å². The molecule has 2 heterocycles. The number of thiocarbonyl (C=S) groups is 1. The van der Waals surface area contributed by atoms with E-state index in [0.717, 1.165) is 30.0 Å². The molecule has 4 nitrogen and oxygen atoms in total. The molecule has 19 heavy (non-hydrogen) atoms. The lowest BCUT2D eigenvalue weighted by Gasteiger charge is -2.37. The molecule has 1 aliphatic heterocycles. The van der Waals surface area contributed by atoms with Gasteiger partial charge in [0.25, 0.3) is 0 Å². The minimum Gasteiger partial charge on any atom is -0.389 e. The summed E-state index contributed by atoms with van der Waals surface area (Å²) in [5, 5.41) is 0. The lowest BCUT2D eigenvalue weighted by molar-refractivity contribution is 0.257. The van der Waals surface area contributed by atoms with Gasteiger partial charge in [-0.05, 0) is 45.5 Å². The molecule has 0 radical (unpaired) electrons. The molecule has 1 unspecified atom stereocenters. The highest BCUT2D eigenvalue weighted by molar-refractivity contribution is 7.80. The lowest BCUT2D eigenvalue weighted by atomic mass is 10.0. The number of hydrogen-bond acceptors (Lipinski definition) is 4. The Morgan fingerprint density at radius 2 is 2.26 bits per heavy atom. The molecule has 1 fully saturated rings. The summed E-state index contributed by atoms with van der Waals surface area (Å²) in [5.41, 5.74) is 7.90. The highest BCUT2D eigenvalue weighted by Gasteiger charge is 2.24. The molecule has 0 saturated carbocycles. The molecule has 1 atom stereocenters. The summed E-state index contributed by atoms with van der Waals surface area (Å²) in [4.78, 5) is 9.55. The van der Waals surface area contributed by atoms with Crippen molar-refractivity contribution in [1.29, 1.82) is 0 Å². The maximum atomic E-state index is 5.87. The third-order valence-corrected chi connectivity index (χ3v) is 4.02. The molecule has 104 valence electrons. The highest BCUT2D eigenvalue weighted by Crippen LogP contribution is 2.25. The fourth-order valence-electron chi connectivity index (χ4n) is 2.66. The number of hydrogen-bond donors (Lipinski definition) is 1. The van der Waals surface area contributed by atoms with E-state index in [0.29, 0.717) is 11.0 Å². The van der Waals surface area contributed by atoms with E-state index in [9.17, 15) is 0 Å². The Balaban J connectivity index is 2.31. The van der Waals surface area contributed by atoms with Crippen molar-refractivity contribution in [3.8, 4) is 0 Å². The zero-order valence-electron chi connectivity index (χ0n) is 11.9. The molecule has 1 saturated heterocycles. The normalized spacial score (nSPS) is 19.8. The predicted molar refractivity (Wildman–Crippen MR) is 83.8 cm³/mol. The number of nitrogens with zero attached hydrogens (tertiary/aromatic N) is 3. The Bertz CT molecular complexity index is 473. The number of pyridine rings is 1. The van der Waals surface area contributed by atoms with Gasteiger partial charge in [0.15, 0.2) is 0 Å². The summed E-state index contributed by atoms with van der Waals surface area (Å²) in [6.45, 7) is 4.04. The Morgan fingerprint density at radius 3 is 2.89 bits per heavy atom. The molecule has 2 rings (SSSR count). The van der Waals surface area contributed by atoms with Gasteiger partial charge < -0.3 is 15.5 Å². The van der Waals surface area contributed by atoms with Crippen LogP contribution >= 0.6 is 12.2 Å². The maximum absolute atomic E-state index is 5.87. The van der Waals surface area contributed by atoms with Crippen molar-refractivity contribution in [2.75, 3.05) is 32.1 Å². The number of aromatic nitrogens is 1. The number of nitrogens with two attached hydrogens (primary N) is 1. The number of rotatable bonds is 3. The van der Waals surface area contributed by atoms with E-state index in [1.807, 2.05) is 19.2 Å². The van der Waals surface area contributed by atoms with Crippen molar-refractivity contribution >= 4 is 23.0 Å². The first kappa shape index (κ1) is 14.2. The van der Waals surface area contributed by atoms with Crippen LogP contribution in [0.5, 0.6) is 0 Å². The molecule has 1 aliphatic rings. The van der Waals surface area contributed by atoms with Crippen molar-refractivity contribution in [3.63, 3.8) is 0 Å². The first-order valence-corrected chi connectivity index (χ1v) is 7.08. The lowest BCUT2D eigenvalue weighted by Crippen LogP contribution is -2.46. The molecule has 5 heteroatoms. The molecule has 0 aromatic carbocycles. The van der Waals surface area contributed by atoms with Gasteiger partial charge in [-0.3, -0.25) is 0 Å². The van der Waals surface area contributed by atoms with Crippen molar-refractivity contribution < 1.29 is 0 Å². The maximum Gasteiger partial charge on any atom is 0.139 e. The van der Waals surface area contributed by atoms with Crippen LogP contribution < -0.4 is 10.6 Å². The Kier molecular flexibility index (Phi) is 4.37. The minimum atomic E-state index is 0.438. The number of anilines is 1. The third-order valence-electron chi connectivity index (χ3n) is 3.81. The average molecular weight is 278 g/mol. The summed E-state index contributed by atoms with van der Waals surface area (Å²) >= 11 is 5.19. The average Bonchev–Trinajstić information content (AvgIpc) is 2.38. The smallest absolute Gasteiger partial charge is 0.139 e. The van der Waals surface area contributed by atoms with E-state index in [-0.39, 0.29) is 0 Å². The van der Waals surface area contributed by atoms with Gasteiger partial charge in [0.1, 0.15) is 10.8 Å². The predicted octanol–water partition coefficient (Wildman–Crippen LogP) is 1.55. The standard InChI is InChI=1S/C14H22N4S/c1-10-6-7-16-14(12(10)13(15)19)18-8-4-5-11(9-18)17(2)3/h6-7,11H,4-5,8-9H2,1-3H3,(H2,15,19). The zero-order chi connectivity index (χ0) is 14.0. The molecule has 2 N–H and O–H groups in total. The molecule has 0 bridgehead atoms. The topological polar surface area (TPSA) is 45.4 Å². The van der Waals surface area contributed by atoms with Gasteiger partial charge in [0.2, 0.25) is 0 Å². The molecular weight excluding hydrogens is 256 g/mol. The monoisotopic (exact) mass is 278 g/mol. The zero-order valence-corrected chi connectivity index (χ0v) is 12.7. The van der Waals surface area contributed by atoms with Gasteiger partial charge in [-0.15, -0.1) is 0 Å². The van der Waals surface area contributed by atoms with E-state index >= 15 is 0 Å². The number of piperidine rings is 1. The van der Waals surface area contributed by atoms with Crippen LogP contribution in [0, 0.1) is 6.92 Å². The summed E-state index contributed by atoms with van der Waals surface area (Å²) < 4.78 is 0. The molecule has 0 aliphatic carbocycles. The molecule has 0 spiro atoms. The van der Waals surface area contributed by atoms with E-state index in [2.05, 4.69) is 28.9 Å². The second-order valence-corrected chi connectivity index (χ2v) is 5.84. The number of aryl methyl sites for hydroxylation is 1. The van der Waals surface area contributed by atoms with Crippen LogP contribution in [-0.2, 0) is 0 Å². The summed E-state index contributed by atoms with van der Waals surface area (Å²) in [5.74, 6) is 0.944. The van der Waals surface area contributed by atoms with E-state index in [1.54, 1.807) is 0 Å².